The zero-order chi connectivity index (χ0) is 13.2. The third-order valence-electron chi connectivity index (χ3n) is 2.95. The zero-order valence-electron chi connectivity index (χ0n) is 10.9. The van der Waals surface area contributed by atoms with Gasteiger partial charge in [0.25, 0.3) is 11.9 Å². The first-order chi connectivity index (χ1) is 9.24. The van der Waals surface area contributed by atoms with Crippen molar-refractivity contribution < 1.29 is 0 Å². The Morgan fingerprint density at radius 1 is 1.00 bits per heavy atom. The van der Waals surface area contributed by atoms with Crippen LogP contribution in [0.2, 0.25) is 0 Å². The molecule has 0 spiro atoms. The first kappa shape index (κ1) is 12.3. The van der Waals surface area contributed by atoms with E-state index in [1.807, 2.05) is 31.7 Å². The molecule has 19 heavy (non-hydrogen) atoms. The molecule has 0 aromatic carbocycles. The van der Waals surface area contributed by atoms with Crippen molar-refractivity contribution in [3.8, 4) is 5.95 Å². The molecule has 0 aliphatic carbocycles. The van der Waals surface area contributed by atoms with E-state index in [2.05, 4.69) is 30.4 Å². The second-order valence-electron chi connectivity index (χ2n) is 4.44. The van der Waals surface area contributed by atoms with Crippen molar-refractivity contribution in [1.29, 1.82) is 0 Å². The lowest BCUT2D eigenvalue weighted by Gasteiger charge is -2.25. The smallest absolute Gasteiger partial charge is 0.289 e. The predicted octanol–water partition coefficient (Wildman–Crippen LogP) is 0.622. The Morgan fingerprint density at radius 2 is 1.63 bits per heavy atom. The number of thioether (sulfide) groups is 1. The van der Waals surface area contributed by atoms with Gasteiger partial charge in [-0.2, -0.15) is 16.9 Å². The molecule has 0 bridgehead atoms. The van der Waals surface area contributed by atoms with Gasteiger partial charge in [-0.05, 0) is 19.9 Å². The summed E-state index contributed by atoms with van der Waals surface area (Å²) in [7, 11) is 0. The number of nitrogens with zero attached hydrogens (tertiary/aromatic N) is 7. The van der Waals surface area contributed by atoms with Crippen LogP contribution in [0.15, 0.2) is 6.07 Å². The van der Waals surface area contributed by atoms with Gasteiger partial charge in [-0.3, -0.25) is 0 Å². The van der Waals surface area contributed by atoms with E-state index >= 15 is 0 Å². The second kappa shape index (κ2) is 5.12. The van der Waals surface area contributed by atoms with Crippen LogP contribution in [-0.4, -0.2) is 54.8 Å². The summed E-state index contributed by atoms with van der Waals surface area (Å²) in [4.78, 5) is 2.11. The number of aromatic nitrogens is 6. The molecule has 0 radical (unpaired) electrons. The van der Waals surface area contributed by atoms with Gasteiger partial charge >= 0.3 is 0 Å². The lowest BCUT2D eigenvalue weighted by Crippen LogP contribution is -2.34. The van der Waals surface area contributed by atoms with Gasteiger partial charge in [-0.15, -0.1) is 20.4 Å². The molecule has 0 atom stereocenters. The monoisotopic (exact) mass is 277 g/mol. The minimum absolute atomic E-state index is 0.417. The van der Waals surface area contributed by atoms with Crippen LogP contribution in [0, 0.1) is 13.8 Å². The summed E-state index contributed by atoms with van der Waals surface area (Å²) in [6.07, 6.45) is 0. The van der Waals surface area contributed by atoms with Gasteiger partial charge in [0.1, 0.15) is 0 Å². The molecule has 0 saturated carbocycles. The topological polar surface area (TPSA) is 72.6 Å². The Bertz CT molecular complexity index is 559. The van der Waals surface area contributed by atoms with Crippen molar-refractivity contribution >= 4 is 17.7 Å². The van der Waals surface area contributed by atoms with E-state index in [9.17, 15) is 0 Å². The van der Waals surface area contributed by atoms with Crippen molar-refractivity contribution in [2.75, 3.05) is 29.5 Å². The molecule has 2 aromatic rings. The maximum absolute atomic E-state index is 4.32. The van der Waals surface area contributed by atoms with Crippen LogP contribution in [0.25, 0.3) is 5.95 Å². The first-order valence-corrected chi connectivity index (χ1v) is 7.33. The molecule has 3 heterocycles. The molecular formula is C11H15N7S. The molecule has 0 amide bonds. The lowest BCUT2D eigenvalue weighted by molar-refractivity contribution is 0.686. The largest absolute Gasteiger partial charge is 0.337 e. The lowest BCUT2D eigenvalue weighted by atomic mass is 10.4. The van der Waals surface area contributed by atoms with E-state index in [4.69, 9.17) is 0 Å². The summed E-state index contributed by atoms with van der Waals surface area (Å²) >= 11 is 1.95. The van der Waals surface area contributed by atoms with Gasteiger partial charge in [-0.25, -0.2) is 4.68 Å². The Morgan fingerprint density at radius 3 is 2.21 bits per heavy atom. The summed E-state index contributed by atoms with van der Waals surface area (Å²) in [5, 5.41) is 20.9. The Balaban J connectivity index is 1.84. The van der Waals surface area contributed by atoms with Crippen molar-refractivity contribution in [3.63, 3.8) is 0 Å². The fourth-order valence-corrected chi connectivity index (χ4v) is 2.93. The van der Waals surface area contributed by atoms with Crippen molar-refractivity contribution in [2.24, 2.45) is 0 Å². The highest BCUT2D eigenvalue weighted by Gasteiger charge is 2.15. The number of hydrogen-bond acceptors (Lipinski definition) is 7. The molecule has 2 aromatic heterocycles. The third-order valence-corrected chi connectivity index (χ3v) is 3.89. The average Bonchev–Trinajstić information content (AvgIpc) is 2.79. The van der Waals surface area contributed by atoms with Crippen LogP contribution < -0.4 is 4.90 Å². The van der Waals surface area contributed by atoms with Crippen LogP contribution in [0.4, 0.5) is 5.95 Å². The number of anilines is 1. The normalized spacial score (nSPS) is 15.8. The van der Waals surface area contributed by atoms with Gasteiger partial charge in [0, 0.05) is 30.3 Å². The first-order valence-electron chi connectivity index (χ1n) is 6.18. The van der Waals surface area contributed by atoms with Crippen molar-refractivity contribution in [2.45, 2.75) is 13.8 Å². The molecule has 8 heteroatoms. The van der Waals surface area contributed by atoms with Gasteiger partial charge in [0.15, 0.2) is 0 Å². The fourth-order valence-electron chi connectivity index (χ4n) is 2.02. The highest BCUT2D eigenvalue weighted by molar-refractivity contribution is 7.99. The molecular weight excluding hydrogens is 262 g/mol. The van der Waals surface area contributed by atoms with Crippen molar-refractivity contribution in [3.05, 3.63) is 17.5 Å². The Hall–Kier alpha value is -1.70. The fraction of sp³-hybridized carbons (Fsp3) is 0.545. The number of aryl methyl sites for hydroxylation is 2. The molecule has 100 valence electrons. The SMILES string of the molecule is Cc1cc(C)n(-c2nnc(N3CCSCC3)nn2)n1. The molecule has 7 nitrogen and oxygen atoms in total. The van der Waals surface area contributed by atoms with Gasteiger partial charge in [-0.1, -0.05) is 0 Å². The summed E-state index contributed by atoms with van der Waals surface area (Å²) in [5.74, 6) is 3.22. The predicted molar refractivity (Wildman–Crippen MR) is 73.8 cm³/mol. The third kappa shape index (κ3) is 2.53. The molecule has 1 aliphatic rings. The van der Waals surface area contributed by atoms with Gasteiger partial charge in [0.05, 0.1) is 5.69 Å². The minimum Gasteiger partial charge on any atom is -0.337 e. The van der Waals surface area contributed by atoms with Gasteiger partial charge < -0.3 is 4.90 Å². The van der Waals surface area contributed by atoms with Crippen molar-refractivity contribution in [1.82, 2.24) is 30.2 Å². The molecule has 0 unspecified atom stereocenters. The Labute approximate surface area is 115 Å². The van der Waals surface area contributed by atoms with E-state index in [1.165, 1.54) is 0 Å². The van der Waals surface area contributed by atoms with E-state index in [1.54, 1.807) is 4.68 Å². The zero-order valence-corrected chi connectivity index (χ0v) is 11.8. The summed E-state index contributed by atoms with van der Waals surface area (Å²) in [6.45, 7) is 5.80. The van der Waals surface area contributed by atoms with E-state index in [-0.39, 0.29) is 0 Å². The highest BCUT2D eigenvalue weighted by Crippen LogP contribution is 2.14. The minimum atomic E-state index is 0.417. The molecule has 1 saturated heterocycles. The van der Waals surface area contributed by atoms with E-state index < -0.39 is 0 Å². The quantitative estimate of drug-likeness (QED) is 0.796. The molecule has 0 N–H and O–H groups in total. The van der Waals surface area contributed by atoms with Crippen LogP contribution >= 0.6 is 11.8 Å². The van der Waals surface area contributed by atoms with Crippen LogP contribution in [0.3, 0.4) is 0 Å². The molecule has 1 aliphatic heterocycles. The number of rotatable bonds is 2. The van der Waals surface area contributed by atoms with E-state index in [0.29, 0.717) is 11.9 Å². The Kier molecular flexibility index (Phi) is 3.33. The van der Waals surface area contributed by atoms with Gasteiger partial charge in [0.2, 0.25) is 0 Å². The van der Waals surface area contributed by atoms with Crippen LogP contribution in [-0.2, 0) is 0 Å². The van der Waals surface area contributed by atoms with E-state index in [0.717, 1.165) is 36.0 Å². The maximum atomic E-state index is 4.32. The van der Waals surface area contributed by atoms with Crippen LogP contribution in [0.1, 0.15) is 11.4 Å². The summed E-state index contributed by atoms with van der Waals surface area (Å²) < 4.78 is 1.66. The highest BCUT2D eigenvalue weighted by atomic mass is 32.2. The molecule has 3 rings (SSSR count). The standard InChI is InChI=1S/C11H15N7S/c1-8-7-9(2)18(16-8)11-14-12-10(13-15-11)17-3-5-19-6-4-17/h7H,3-6H2,1-2H3. The van der Waals surface area contributed by atoms with Crippen LogP contribution in [0.5, 0.6) is 0 Å². The maximum Gasteiger partial charge on any atom is 0.289 e. The summed E-state index contributed by atoms with van der Waals surface area (Å²) in [5.41, 5.74) is 1.90. The molecule has 1 fully saturated rings. The average molecular weight is 277 g/mol. The summed E-state index contributed by atoms with van der Waals surface area (Å²) in [6, 6.07) is 1.97. The second-order valence-corrected chi connectivity index (χ2v) is 5.66. The number of hydrogen-bond donors (Lipinski definition) is 0.